The van der Waals surface area contributed by atoms with E-state index in [9.17, 15) is 4.79 Å². The van der Waals surface area contributed by atoms with Gasteiger partial charge in [-0.2, -0.15) is 0 Å². The molecule has 1 aromatic heterocycles. The number of carbonyl (C=O) groups excluding carboxylic acids is 1. The summed E-state index contributed by atoms with van der Waals surface area (Å²) in [5.74, 6) is -0.0259. The maximum Gasteiger partial charge on any atom is 0.252 e. The summed E-state index contributed by atoms with van der Waals surface area (Å²) in [5, 5.41) is 4.76. The first kappa shape index (κ1) is 11.6. The van der Waals surface area contributed by atoms with Crippen LogP contribution in [0.3, 0.4) is 0 Å². The van der Waals surface area contributed by atoms with Crippen LogP contribution < -0.4 is 5.32 Å². The van der Waals surface area contributed by atoms with Crippen molar-refractivity contribution in [2.24, 2.45) is 0 Å². The topological polar surface area (TPSA) is 44.9 Å². The molecule has 0 bridgehead atoms. The van der Waals surface area contributed by atoms with Crippen molar-refractivity contribution in [2.75, 3.05) is 0 Å². The van der Waals surface area contributed by atoms with Gasteiger partial charge in [0.25, 0.3) is 5.91 Å². The molecule has 0 radical (unpaired) electrons. The predicted octanol–water partition coefficient (Wildman–Crippen LogP) is 3.65. The van der Waals surface area contributed by atoms with Gasteiger partial charge in [0.15, 0.2) is 0 Å². The summed E-state index contributed by atoms with van der Waals surface area (Å²) in [7, 11) is 0. The number of carbonyl (C=O) groups is 1. The summed E-state index contributed by atoms with van der Waals surface area (Å²) in [6, 6.07) is 13.3. The quantitative estimate of drug-likeness (QED) is 0.703. The van der Waals surface area contributed by atoms with E-state index in [1.807, 2.05) is 48.7 Å². The highest BCUT2D eigenvalue weighted by molar-refractivity contribution is 6.31. The number of aromatic amines is 1. The molecule has 0 saturated heterocycles. The standard InChI is InChI=1S/C16H11ClN2O/c17-9-5-6-14-12(7-9)13(8-18-14)15-10-3-1-2-4-11(10)16(20)19-15/h1-8,15,18H,(H,19,20). The van der Waals surface area contributed by atoms with Crippen molar-refractivity contribution in [3.63, 3.8) is 0 Å². The Balaban J connectivity index is 1.93. The Morgan fingerprint density at radius 1 is 1.05 bits per heavy atom. The lowest BCUT2D eigenvalue weighted by Gasteiger charge is -2.10. The van der Waals surface area contributed by atoms with Gasteiger partial charge in [-0.25, -0.2) is 0 Å². The second kappa shape index (κ2) is 4.12. The summed E-state index contributed by atoms with van der Waals surface area (Å²) in [6.45, 7) is 0. The van der Waals surface area contributed by atoms with Gasteiger partial charge in [0.05, 0.1) is 6.04 Å². The zero-order valence-corrected chi connectivity index (χ0v) is 11.2. The molecule has 2 aromatic carbocycles. The molecule has 1 aliphatic rings. The highest BCUT2D eigenvalue weighted by Crippen LogP contribution is 2.35. The molecule has 0 fully saturated rings. The SMILES string of the molecule is O=C1NC(c2c[nH]c3ccc(Cl)cc23)c2ccccc21. The van der Waals surface area contributed by atoms with E-state index in [4.69, 9.17) is 11.6 Å². The first-order valence-corrected chi connectivity index (χ1v) is 6.78. The van der Waals surface area contributed by atoms with Crippen LogP contribution in [0.5, 0.6) is 0 Å². The van der Waals surface area contributed by atoms with E-state index in [1.165, 1.54) is 0 Å². The lowest BCUT2D eigenvalue weighted by molar-refractivity contribution is 0.0960. The van der Waals surface area contributed by atoms with Gasteiger partial charge in [0.2, 0.25) is 0 Å². The molecular formula is C16H11ClN2O. The Kier molecular flexibility index (Phi) is 2.38. The summed E-state index contributed by atoms with van der Waals surface area (Å²) in [6.07, 6.45) is 1.94. The largest absolute Gasteiger partial charge is 0.361 e. The summed E-state index contributed by atoms with van der Waals surface area (Å²) in [5.41, 5.74) is 3.82. The first-order chi connectivity index (χ1) is 9.74. The molecule has 1 unspecified atom stereocenters. The van der Waals surface area contributed by atoms with Crippen molar-refractivity contribution in [3.8, 4) is 0 Å². The minimum absolute atomic E-state index is 0.0259. The fourth-order valence-electron chi connectivity index (χ4n) is 2.84. The minimum atomic E-state index is -0.120. The number of H-pyrrole nitrogens is 1. The van der Waals surface area contributed by atoms with Crippen LogP contribution in [0.1, 0.15) is 27.5 Å². The van der Waals surface area contributed by atoms with Gasteiger partial charge in [-0.3, -0.25) is 4.79 Å². The molecule has 2 heterocycles. The number of benzene rings is 2. The van der Waals surface area contributed by atoms with Crippen LogP contribution in [-0.2, 0) is 0 Å². The third kappa shape index (κ3) is 1.57. The Labute approximate surface area is 120 Å². The highest BCUT2D eigenvalue weighted by Gasteiger charge is 2.30. The fraction of sp³-hybridized carbons (Fsp3) is 0.0625. The van der Waals surface area contributed by atoms with Crippen molar-refractivity contribution in [3.05, 3.63) is 70.4 Å². The molecule has 0 aliphatic carbocycles. The smallest absolute Gasteiger partial charge is 0.252 e. The lowest BCUT2D eigenvalue weighted by Crippen LogP contribution is -2.19. The molecular weight excluding hydrogens is 272 g/mol. The molecule has 1 atom stereocenters. The number of nitrogens with one attached hydrogen (secondary N) is 2. The van der Waals surface area contributed by atoms with E-state index in [0.717, 1.165) is 27.6 Å². The Hall–Kier alpha value is -2.26. The predicted molar refractivity (Wildman–Crippen MR) is 79.1 cm³/mol. The molecule has 1 aliphatic heterocycles. The molecule has 0 saturated carbocycles. The van der Waals surface area contributed by atoms with E-state index in [2.05, 4.69) is 10.3 Å². The number of hydrogen-bond acceptors (Lipinski definition) is 1. The van der Waals surface area contributed by atoms with Crippen LogP contribution in [0.2, 0.25) is 5.02 Å². The van der Waals surface area contributed by atoms with Gasteiger partial charge >= 0.3 is 0 Å². The van der Waals surface area contributed by atoms with E-state index >= 15 is 0 Å². The summed E-state index contributed by atoms with van der Waals surface area (Å²) >= 11 is 6.08. The fourth-order valence-corrected chi connectivity index (χ4v) is 3.01. The molecule has 98 valence electrons. The van der Waals surface area contributed by atoms with Gasteiger partial charge in [0.1, 0.15) is 0 Å². The van der Waals surface area contributed by atoms with Crippen LogP contribution in [0.4, 0.5) is 0 Å². The van der Waals surface area contributed by atoms with E-state index in [0.29, 0.717) is 5.02 Å². The number of amides is 1. The van der Waals surface area contributed by atoms with Gasteiger partial charge < -0.3 is 10.3 Å². The summed E-state index contributed by atoms with van der Waals surface area (Å²) in [4.78, 5) is 15.3. The molecule has 4 rings (SSSR count). The van der Waals surface area contributed by atoms with Crippen LogP contribution in [0.15, 0.2) is 48.7 Å². The number of rotatable bonds is 1. The van der Waals surface area contributed by atoms with Crippen molar-refractivity contribution in [2.45, 2.75) is 6.04 Å². The average molecular weight is 283 g/mol. The van der Waals surface area contributed by atoms with Crippen molar-refractivity contribution >= 4 is 28.4 Å². The molecule has 1 amide bonds. The van der Waals surface area contributed by atoms with Crippen LogP contribution >= 0.6 is 11.6 Å². The van der Waals surface area contributed by atoms with E-state index < -0.39 is 0 Å². The van der Waals surface area contributed by atoms with Crippen LogP contribution in [0.25, 0.3) is 10.9 Å². The molecule has 4 heteroatoms. The van der Waals surface area contributed by atoms with Gasteiger partial charge in [-0.1, -0.05) is 29.8 Å². The van der Waals surface area contributed by atoms with Crippen molar-refractivity contribution in [1.29, 1.82) is 0 Å². The van der Waals surface area contributed by atoms with E-state index in [1.54, 1.807) is 0 Å². The van der Waals surface area contributed by atoms with Crippen LogP contribution in [0, 0.1) is 0 Å². The van der Waals surface area contributed by atoms with Crippen LogP contribution in [-0.4, -0.2) is 10.9 Å². The molecule has 20 heavy (non-hydrogen) atoms. The third-order valence-electron chi connectivity index (χ3n) is 3.78. The Morgan fingerprint density at radius 2 is 1.90 bits per heavy atom. The maximum atomic E-state index is 12.0. The highest BCUT2D eigenvalue weighted by atomic mass is 35.5. The zero-order valence-electron chi connectivity index (χ0n) is 10.5. The first-order valence-electron chi connectivity index (χ1n) is 6.40. The number of halogens is 1. The number of aromatic nitrogens is 1. The lowest BCUT2D eigenvalue weighted by atomic mass is 9.98. The Morgan fingerprint density at radius 3 is 2.80 bits per heavy atom. The normalized spacial score (nSPS) is 17.2. The summed E-state index contributed by atoms with van der Waals surface area (Å²) < 4.78 is 0. The second-order valence-electron chi connectivity index (χ2n) is 4.93. The molecule has 0 spiro atoms. The van der Waals surface area contributed by atoms with Gasteiger partial charge in [0, 0.05) is 33.2 Å². The van der Waals surface area contributed by atoms with Gasteiger partial charge in [-0.05, 0) is 29.8 Å². The monoisotopic (exact) mass is 282 g/mol. The number of hydrogen-bond donors (Lipinski definition) is 2. The van der Waals surface area contributed by atoms with Gasteiger partial charge in [-0.15, -0.1) is 0 Å². The molecule has 3 aromatic rings. The third-order valence-corrected chi connectivity index (χ3v) is 4.01. The second-order valence-corrected chi connectivity index (χ2v) is 5.36. The number of fused-ring (bicyclic) bond motifs is 2. The average Bonchev–Trinajstić information content (AvgIpc) is 3.00. The molecule has 3 nitrogen and oxygen atoms in total. The van der Waals surface area contributed by atoms with Crippen molar-refractivity contribution < 1.29 is 4.79 Å². The maximum absolute atomic E-state index is 12.0. The van der Waals surface area contributed by atoms with Crippen molar-refractivity contribution in [1.82, 2.24) is 10.3 Å². The zero-order chi connectivity index (χ0) is 13.7. The minimum Gasteiger partial charge on any atom is -0.361 e. The Bertz CT molecular complexity index is 837. The van der Waals surface area contributed by atoms with E-state index in [-0.39, 0.29) is 11.9 Å². The molecule has 2 N–H and O–H groups in total.